The predicted octanol–water partition coefficient (Wildman–Crippen LogP) is 3.35. The first kappa shape index (κ1) is 15.3. The number of halogens is 2. The Labute approximate surface area is 130 Å². The molecule has 1 aliphatic carbocycles. The molecule has 4 heteroatoms. The molecule has 0 amide bonds. The van der Waals surface area contributed by atoms with Gasteiger partial charge in [-0.2, -0.15) is 0 Å². The molecule has 3 atom stereocenters. The first-order chi connectivity index (χ1) is 8.63. The highest BCUT2D eigenvalue weighted by atomic mass is 79.9. The van der Waals surface area contributed by atoms with E-state index in [0.717, 1.165) is 18.4 Å². The van der Waals surface area contributed by atoms with Crippen molar-refractivity contribution in [2.45, 2.75) is 32.4 Å². The number of hydrogen-bond donors (Lipinski definition) is 1. The molecule has 1 saturated heterocycles. The lowest BCUT2D eigenvalue weighted by Crippen LogP contribution is -2.30. The molecule has 2 aliphatic rings. The fourth-order valence-electron chi connectivity index (χ4n) is 3.59. The van der Waals surface area contributed by atoms with Gasteiger partial charge in [0.15, 0.2) is 0 Å². The van der Waals surface area contributed by atoms with Gasteiger partial charge in [0, 0.05) is 30.1 Å². The fraction of sp³-hybridized carbons (Fsp3) is 0.600. The molecule has 2 N–H and O–H groups in total. The maximum atomic E-state index is 6.19. The summed E-state index contributed by atoms with van der Waals surface area (Å²) in [6.45, 7) is 5.67. The minimum Gasteiger partial charge on any atom is -0.327 e. The average Bonchev–Trinajstić information content (AvgIpc) is 2.87. The van der Waals surface area contributed by atoms with Gasteiger partial charge < -0.3 is 5.73 Å². The first-order valence-corrected chi connectivity index (χ1v) is 7.66. The number of benzene rings is 1. The summed E-state index contributed by atoms with van der Waals surface area (Å²) >= 11 is 3.56. The number of hydrogen-bond acceptors (Lipinski definition) is 2. The number of nitrogens with two attached hydrogens (primary N) is 1. The second kappa shape index (κ2) is 6.13. The Morgan fingerprint density at radius 1 is 1.32 bits per heavy atom. The summed E-state index contributed by atoms with van der Waals surface area (Å²) in [5.41, 5.74) is 8.93. The van der Waals surface area contributed by atoms with Gasteiger partial charge in [0.1, 0.15) is 0 Å². The van der Waals surface area contributed by atoms with Crippen molar-refractivity contribution in [2.24, 2.45) is 17.6 Å². The maximum absolute atomic E-state index is 6.19. The van der Waals surface area contributed by atoms with Crippen LogP contribution in [0.1, 0.15) is 24.0 Å². The van der Waals surface area contributed by atoms with Crippen LogP contribution < -0.4 is 5.73 Å². The topological polar surface area (TPSA) is 29.3 Å². The van der Waals surface area contributed by atoms with E-state index in [0.29, 0.717) is 6.04 Å². The predicted molar refractivity (Wildman–Crippen MR) is 85.6 cm³/mol. The Kier molecular flexibility index (Phi) is 4.93. The van der Waals surface area contributed by atoms with Crippen LogP contribution >= 0.6 is 28.3 Å². The van der Waals surface area contributed by atoms with Crippen molar-refractivity contribution < 1.29 is 0 Å². The van der Waals surface area contributed by atoms with E-state index in [2.05, 4.69) is 46.0 Å². The van der Waals surface area contributed by atoms with Gasteiger partial charge in [0.05, 0.1) is 0 Å². The van der Waals surface area contributed by atoms with Gasteiger partial charge >= 0.3 is 0 Å². The average molecular weight is 346 g/mol. The third-order valence-corrected chi connectivity index (χ3v) is 5.51. The van der Waals surface area contributed by atoms with Gasteiger partial charge in [-0.25, -0.2) is 0 Å². The van der Waals surface area contributed by atoms with Crippen molar-refractivity contribution >= 4 is 28.3 Å². The van der Waals surface area contributed by atoms with E-state index < -0.39 is 0 Å². The minimum atomic E-state index is 0. The molecule has 106 valence electrons. The summed E-state index contributed by atoms with van der Waals surface area (Å²) < 4.78 is 1.20. The Bertz CT molecular complexity index is 452. The zero-order valence-electron chi connectivity index (χ0n) is 11.3. The molecular weight excluding hydrogens is 324 g/mol. The molecule has 19 heavy (non-hydrogen) atoms. The lowest BCUT2D eigenvalue weighted by Gasteiger charge is -2.18. The van der Waals surface area contributed by atoms with E-state index >= 15 is 0 Å². The van der Waals surface area contributed by atoms with Gasteiger partial charge in [-0.15, -0.1) is 12.4 Å². The molecule has 1 aromatic carbocycles. The summed E-state index contributed by atoms with van der Waals surface area (Å²) in [4.78, 5) is 2.58. The summed E-state index contributed by atoms with van der Waals surface area (Å²) in [6.07, 6.45) is 2.57. The van der Waals surface area contributed by atoms with Crippen molar-refractivity contribution in [1.82, 2.24) is 4.90 Å². The van der Waals surface area contributed by atoms with Crippen molar-refractivity contribution in [3.63, 3.8) is 0 Å². The van der Waals surface area contributed by atoms with E-state index in [4.69, 9.17) is 5.73 Å². The van der Waals surface area contributed by atoms with E-state index in [1.54, 1.807) is 0 Å². The van der Waals surface area contributed by atoms with E-state index in [1.165, 1.54) is 41.5 Å². The van der Waals surface area contributed by atoms with Crippen LogP contribution in [0.2, 0.25) is 0 Å². The zero-order valence-corrected chi connectivity index (χ0v) is 13.7. The van der Waals surface area contributed by atoms with Crippen molar-refractivity contribution in [3.8, 4) is 0 Å². The van der Waals surface area contributed by atoms with Crippen LogP contribution in [0.3, 0.4) is 0 Å². The Balaban J connectivity index is 0.00000133. The molecule has 3 rings (SSSR count). The number of fused-ring (bicyclic) bond motifs is 1. The van der Waals surface area contributed by atoms with Crippen LogP contribution in [0.5, 0.6) is 0 Å². The highest BCUT2D eigenvalue weighted by molar-refractivity contribution is 9.10. The quantitative estimate of drug-likeness (QED) is 0.890. The SMILES string of the molecule is Cc1cc(CN2CC3CCC(N)C3C2)ccc1Br.Cl. The van der Waals surface area contributed by atoms with Gasteiger partial charge in [-0.1, -0.05) is 28.1 Å². The third kappa shape index (κ3) is 3.15. The summed E-state index contributed by atoms with van der Waals surface area (Å²) in [7, 11) is 0. The van der Waals surface area contributed by atoms with Gasteiger partial charge in [0.2, 0.25) is 0 Å². The molecule has 1 saturated carbocycles. The molecule has 0 aromatic heterocycles. The van der Waals surface area contributed by atoms with Crippen LogP contribution in [0.25, 0.3) is 0 Å². The first-order valence-electron chi connectivity index (χ1n) is 6.86. The maximum Gasteiger partial charge on any atom is 0.0234 e. The molecule has 1 aliphatic heterocycles. The molecule has 3 unspecified atom stereocenters. The van der Waals surface area contributed by atoms with Crippen LogP contribution in [-0.4, -0.2) is 24.0 Å². The smallest absolute Gasteiger partial charge is 0.0234 e. The fourth-order valence-corrected chi connectivity index (χ4v) is 3.84. The Hall–Kier alpha value is -0.0900. The summed E-state index contributed by atoms with van der Waals surface area (Å²) in [5.74, 6) is 1.61. The number of aryl methyl sites for hydroxylation is 1. The molecule has 0 radical (unpaired) electrons. The molecule has 1 heterocycles. The lowest BCUT2D eigenvalue weighted by atomic mass is 9.98. The number of nitrogens with zero attached hydrogens (tertiary/aromatic N) is 1. The highest BCUT2D eigenvalue weighted by Gasteiger charge is 2.40. The second-order valence-electron chi connectivity index (χ2n) is 5.94. The third-order valence-electron chi connectivity index (χ3n) is 4.62. The highest BCUT2D eigenvalue weighted by Crippen LogP contribution is 2.37. The standard InChI is InChI=1S/C15H21BrN2.ClH/c1-10-6-11(2-4-14(10)16)7-18-8-12-3-5-15(17)13(12)9-18;/h2,4,6,12-13,15H,3,5,7-9,17H2,1H3;1H. The van der Waals surface area contributed by atoms with Crippen molar-refractivity contribution in [3.05, 3.63) is 33.8 Å². The van der Waals surface area contributed by atoms with Crippen LogP contribution in [0, 0.1) is 18.8 Å². The minimum absolute atomic E-state index is 0. The van der Waals surface area contributed by atoms with Gasteiger partial charge in [-0.05, 0) is 48.8 Å². The van der Waals surface area contributed by atoms with E-state index in [9.17, 15) is 0 Å². The van der Waals surface area contributed by atoms with Crippen molar-refractivity contribution in [2.75, 3.05) is 13.1 Å². The molecule has 2 fully saturated rings. The normalized spacial score (nSPS) is 30.2. The van der Waals surface area contributed by atoms with Crippen LogP contribution in [0.4, 0.5) is 0 Å². The largest absolute Gasteiger partial charge is 0.327 e. The molecule has 1 aromatic rings. The summed E-state index contributed by atoms with van der Waals surface area (Å²) in [6, 6.07) is 7.13. The van der Waals surface area contributed by atoms with Gasteiger partial charge in [-0.3, -0.25) is 4.90 Å². The molecule has 0 bridgehead atoms. The van der Waals surface area contributed by atoms with E-state index in [-0.39, 0.29) is 12.4 Å². The van der Waals surface area contributed by atoms with Gasteiger partial charge in [0.25, 0.3) is 0 Å². The van der Waals surface area contributed by atoms with Crippen LogP contribution in [-0.2, 0) is 6.54 Å². The molecular formula is C15H22BrClN2. The molecule has 0 spiro atoms. The number of likely N-dealkylation sites (tertiary alicyclic amines) is 1. The second-order valence-corrected chi connectivity index (χ2v) is 6.80. The monoisotopic (exact) mass is 344 g/mol. The summed E-state index contributed by atoms with van der Waals surface area (Å²) in [5, 5.41) is 0. The van der Waals surface area contributed by atoms with E-state index in [1.807, 2.05) is 0 Å². The Morgan fingerprint density at radius 3 is 2.79 bits per heavy atom. The Morgan fingerprint density at radius 2 is 2.11 bits per heavy atom. The number of rotatable bonds is 2. The van der Waals surface area contributed by atoms with Crippen LogP contribution in [0.15, 0.2) is 22.7 Å². The van der Waals surface area contributed by atoms with Crippen molar-refractivity contribution in [1.29, 1.82) is 0 Å². The zero-order chi connectivity index (χ0) is 12.7. The molecule has 2 nitrogen and oxygen atoms in total. The lowest BCUT2D eigenvalue weighted by molar-refractivity contribution is 0.298.